The molecule has 1 aromatic heterocycles. The van der Waals surface area contributed by atoms with E-state index in [1.165, 1.54) is 24.3 Å². The zero-order chi connectivity index (χ0) is 22.5. The summed E-state index contributed by atoms with van der Waals surface area (Å²) < 4.78 is 18.8. The van der Waals surface area contributed by atoms with Gasteiger partial charge in [-0.25, -0.2) is 4.39 Å². The predicted octanol–water partition coefficient (Wildman–Crippen LogP) is 3.22. The van der Waals surface area contributed by atoms with Crippen molar-refractivity contribution in [1.82, 2.24) is 15.2 Å². The Morgan fingerprint density at radius 2 is 1.97 bits per heavy atom. The van der Waals surface area contributed by atoms with Gasteiger partial charge in [0.05, 0.1) is 0 Å². The molecule has 2 aromatic carbocycles. The fourth-order valence-electron chi connectivity index (χ4n) is 3.82. The van der Waals surface area contributed by atoms with Crippen LogP contribution in [0.2, 0.25) is 0 Å². The molecule has 2 unspecified atom stereocenters. The number of ether oxygens (including phenoxy) is 1. The second-order valence-electron chi connectivity index (χ2n) is 7.70. The summed E-state index contributed by atoms with van der Waals surface area (Å²) in [4.78, 5) is 31.6. The van der Waals surface area contributed by atoms with Gasteiger partial charge in [0.2, 0.25) is 5.91 Å². The topological polar surface area (TPSA) is 71.5 Å². The molecule has 4 rings (SSSR count). The fourth-order valence-corrected chi connectivity index (χ4v) is 3.82. The highest BCUT2D eigenvalue weighted by Crippen LogP contribution is 2.22. The van der Waals surface area contributed by atoms with E-state index < -0.39 is 12.1 Å². The van der Waals surface area contributed by atoms with Crippen LogP contribution < -0.4 is 10.1 Å². The van der Waals surface area contributed by atoms with E-state index in [0.29, 0.717) is 25.3 Å². The number of piperazine rings is 1. The second kappa shape index (κ2) is 9.60. The quantitative estimate of drug-likeness (QED) is 0.648. The van der Waals surface area contributed by atoms with Gasteiger partial charge in [0.25, 0.3) is 5.91 Å². The Kier molecular flexibility index (Phi) is 6.44. The smallest absolute Gasteiger partial charge is 0.264 e. The van der Waals surface area contributed by atoms with Crippen LogP contribution in [0.25, 0.3) is 11.1 Å². The first-order valence-electron chi connectivity index (χ1n) is 10.5. The van der Waals surface area contributed by atoms with Gasteiger partial charge < -0.3 is 15.0 Å². The molecule has 1 aliphatic heterocycles. The molecule has 0 spiro atoms. The molecule has 1 saturated heterocycles. The van der Waals surface area contributed by atoms with Gasteiger partial charge in [-0.15, -0.1) is 0 Å². The minimum atomic E-state index is -0.810. The Labute approximate surface area is 186 Å². The lowest BCUT2D eigenvalue weighted by atomic mass is 9.98. The number of nitrogens with one attached hydrogen (secondary N) is 1. The molecule has 1 N–H and O–H groups in total. The molecule has 0 bridgehead atoms. The number of carbonyl (C=O) groups is 2. The molecule has 6 nitrogen and oxygen atoms in total. The van der Waals surface area contributed by atoms with Crippen molar-refractivity contribution in [3.8, 4) is 16.9 Å². The molecular weight excluding hydrogens is 409 g/mol. The molecule has 2 heterocycles. The van der Waals surface area contributed by atoms with Crippen LogP contribution in [0.1, 0.15) is 12.5 Å². The van der Waals surface area contributed by atoms with Crippen LogP contribution in [0.4, 0.5) is 4.39 Å². The summed E-state index contributed by atoms with van der Waals surface area (Å²) in [6, 6.07) is 16.6. The average molecular weight is 433 g/mol. The summed E-state index contributed by atoms with van der Waals surface area (Å²) in [6.07, 6.45) is 3.08. The van der Waals surface area contributed by atoms with Crippen molar-refractivity contribution >= 4 is 11.8 Å². The van der Waals surface area contributed by atoms with E-state index in [-0.39, 0.29) is 17.6 Å². The van der Waals surface area contributed by atoms with Gasteiger partial charge in [-0.05, 0) is 53.9 Å². The van der Waals surface area contributed by atoms with Crippen LogP contribution in [0.3, 0.4) is 0 Å². The van der Waals surface area contributed by atoms with Crippen molar-refractivity contribution in [2.45, 2.75) is 25.5 Å². The normalized spacial score (nSPS) is 16.9. The minimum absolute atomic E-state index is 0.189. The Morgan fingerprint density at radius 3 is 2.72 bits per heavy atom. The number of pyridine rings is 1. The molecule has 2 atom stereocenters. The summed E-state index contributed by atoms with van der Waals surface area (Å²) in [7, 11) is 0. The van der Waals surface area contributed by atoms with Crippen molar-refractivity contribution < 1.29 is 18.7 Å². The van der Waals surface area contributed by atoms with Crippen molar-refractivity contribution in [2.75, 3.05) is 13.1 Å². The molecule has 2 amide bonds. The lowest BCUT2D eigenvalue weighted by molar-refractivity contribution is -0.147. The van der Waals surface area contributed by atoms with Crippen molar-refractivity contribution in [3.05, 3.63) is 84.4 Å². The van der Waals surface area contributed by atoms with E-state index in [1.54, 1.807) is 24.2 Å². The molecule has 0 saturated carbocycles. The molecular formula is C25H24FN3O3. The first-order chi connectivity index (χ1) is 15.5. The number of hydrogen-bond acceptors (Lipinski definition) is 4. The molecule has 7 heteroatoms. The lowest BCUT2D eigenvalue weighted by Crippen LogP contribution is -2.60. The van der Waals surface area contributed by atoms with E-state index in [4.69, 9.17) is 4.74 Å². The molecule has 0 radical (unpaired) electrons. The first kappa shape index (κ1) is 21.5. The lowest BCUT2D eigenvalue weighted by Gasteiger charge is -2.36. The number of amides is 2. The van der Waals surface area contributed by atoms with Crippen LogP contribution in [-0.2, 0) is 16.0 Å². The van der Waals surface area contributed by atoms with Crippen LogP contribution in [0.15, 0.2) is 73.1 Å². The molecule has 1 fully saturated rings. The zero-order valence-corrected chi connectivity index (χ0v) is 17.7. The summed E-state index contributed by atoms with van der Waals surface area (Å²) in [5.41, 5.74) is 2.92. The first-order valence-corrected chi connectivity index (χ1v) is 10.5. The van der Waals surface area contributed by atoms with Gasteiger partial charge in [-0.3, -0.25) is 14.6 Å². The van der Waals surface area contributed by atoms with Gasteiger partial charge in [-0.2, -0.15) is 0 Å². The maximum atomic E-state index is 13.1. The Morgan fingerprint density at radius 1 is 1.19 bits per heavy atom. The molecule has 32 heavy (non-hydrogen) atoms. The van der Waals surface area contributed by atoms with Crippen LogP contribution in [0, 0.1) is 5.82 Å². The summed E-state index contributed by atoms with van der Waals surface area (Å²) in [5, 5.41) is 2.85. The number of hydrogen-bond donors (Lipinski definition) is 1. The second-order valence-corrected chi connectivity index (χ2v) is 7.70. The monoisotopic (exact) mass is 433 g/mol. The Hall–Kier alpha value is -3.74. The Bertz CT molecular complexity index is 1090. The summed E-state index contributed by atoms with van der Waals surface area (Å²) in [5.74, 6) is -0.449. The maximum Gasteiger partial charge on any atom is 0.264 e. The van der Waals surface area contributed by atoms with Gasteiger partial charge in [0, 0.05) is 31.9 Å². The number of aromatic nitrogens is 1. The van der Waals surface area contributed by atoms with Crippen molar-refractivity contribution in [1.29, 1.82) is 0 Å². The number of benzene rings is 2. The van der Waals surface area contributed by atoms with E-state index in [0.717, 1.165) is 16.7 Å². The SMILES string of the molecule is CC(Oc1ccc(F)cc1)C(=O)N1CCNC(=O)C1Cc1cccc(-c2cccnc2)c1. The van der Waals surface area contributed by atoms with E-state index in [2.05, 4.69) is 10.3 Å². The molecule has 0 aliphatic carbocycles. The highest BCUT2D eigenvalue weighted by molar-refractivity contribution is 5.90. The largest absolute Gasteiger partial charge is 0.481 e. The summed E-state index contributed by atoms with van der Waals surface area (Å²) >= 11 is 0. The van der Waals surface area contributed by atoms with Gasteiger partial charge in [-0.1, -0.05) is 30.3 Å². The van der Waals surface area contributed by atoms with Gasteiger partial charge in [0.15, 0.2) is 6.10 Å². The van der Waals surface area contributed by atoms with Crippen LogP contribution in [0.5, 0.6) is 5.75 Å². The number of halogens is 1. The van der Waals surface area contributed by atoms with E-state index in [9.17, 15) is 14.0 Å². The molecule has 3 aromatic rings. The third-order valence-corrected chi connectivity index (χ3v) is 5.44. The van der Waals surface area contributed by atoms with Crippen molar-refractivity contribution in [3.63, 3.8) is 0 Å². The van der Waals surface area contributed by atoms with Gasteiger partial charge >= 0.3 is 0 Å². The van der Waals surface area contributed by atoms with Crippen LogP contribution >= 0.6 is 0 Å². The van der Waals surface area contributed by atoms with Crippen molar-refractivity contribution in [2.24, 2.45) is 0 Å². The number of nitrogens with zero attached hydrogens (tertiary/aromatic N) is 2. The third-order valence-electron chi connectivity index (χ3n) is 5.44. The molecule has 164 valence electrons. The highest BCUT2D eigenvalue weighted by atomic mass is 19.1. The minimum Gasteiger partial charge on any atom is -0.481 e. The van der Waals surface area contributed by atoms with E-state index in [1.807, 2.05) is 36.4 Å². The number of rotatable bonds is 6. The maximum absolute atomic E-state index is 13.1. The average Bonchev–Trinajstić information content (AvgIpc) is 2.82. The summed E-state index contributed by atoms with van der Waals surface area (Å²) in [6.45, 7) is 2.42. The van der Waals surface area contributed by atoms with E-state index >= 15 is 0 Å². The highest BCUT2D eigenvalue weighted by Gasteiger charge is 2.35. The predicted molar refractivity (Wildman–Crippen MR) is 118 cm³/mol. The van der Waals surface area contributed by atoms with Gasteiger partial charge in [0.1, 0.15) is 17.6 Å². The molecule has 1 aliphatic rings. The Balaban J connectivity index is 1.51. The van der Waals surface area contributed by atoms with Crippen LogP contribution in [-0.4, -0.2) is 46.9 Å². The standard InChI is InChI=1S/C25H24FN3O3/c1-17(32-22-9-7-21(26)8-10-22)25(31)29-13-12-28-24(30)23(29)15-18-4-2-5-19(14-18)20-6-3-11-27-16-20/h2-11,14,16-17,23H,12-13,15H2,1H3,(H,28,30). The number of carbonyl (C=O) groups excluding carboxylic acids is 2. The fraction of sp³-hybridized carbons (Fsp3) is 0.240. The third kappa shape index (κ3) is 4.94. The zero-order valence-electron chi connectivity index (χ0n) is 17.7.